The molecule has 0 unspecified atom stereocenters. The molecule has 4 rings (SSSR count). The molecule has 3 aromatic rings. The van der Waals surface area contributed by atoms with Gasteiger partial charge in [-0.1, -0.05) is 6.07 Å². The Morgan fingerprint density at radius 3 is 3.17 bits per heavy atom. The van der Waals surface area contributed by atoms with Crippen LogP contribution in [0.3, 0.4) is 0 Å². The third-order valence-electron chi connectivity index (χ3n) is 4.35. The van der Waals surface area contributed by atoms with Gasteiger partial charge in [0.25, 0.3) is 5.91 Å². The number of imidazole rings is 1. The highest BCUT2D eigenvalue weighted by Crippen LogP contribution is 2.20. The van der Waals surface area contributed by atoms with E-state index < -0.39 is 11.9 Å². The summed E-state index contributed by atoms with van der Waals surface area (Å²) in [6.07, 6.45) is 4.16. The lowest BCUT2D eigenvalue weighted by Gasteiger charge is -2.22. The van der Waals surface area contributed by atoms with Crippen LogP contribution >= 0.6 is 0 Å². The molecule has 23 heavy (non-hydrogen) atoms. The number of aryl methyl sites for hydroxylation is 2. The van der Waals surface area contributed by atoms with Gasteiger partial charge in [-0.2, -0.15) is 9.49 Å². The van der Waals surface area contributed by atoms with E-state index in [0.717, 1.165) is 18.5 Å². The molecular weight excluding hydrogens is 297 g/mol. The highest BCUT2D eigenvalue weighted by molar-refractivity contribution is 5.93. The van der Waals surface area contributed by atoms with Crippen molar-refractivity contribution < 1.29 is 9.18 Å². The summed E-state index contributed by atoms with van der Waals surface area (Å²) in [4.78, 5) is 16.5. The molecule has 0 radical (unpaired) electrons. The number of hydrogen-bond donors (Lipinski definition) is 2. The molecule has 1 aliphatic carbocycles. The van der Waals surface area contributed by atoms with E-state index in [9.17, 15) is 9.18 Å². The van der Waals surface area contributed by atoms with Crippen molar-refractivity contribution in [3.05, 3.63) is 53.0 Å². The fourth-order valence-electron chi connectivity index (χ4n) is 3.14. The molecule has 7 heteroatoms. The van der Waals surface area contributed by atoms with Gasteiger partial charge >= 0.3 is 0 Å². The molecule has 0 aliphatic heterocycles. The van der Waals surface area contributed by atoms with Gasteiger partial charge < -0.3 is 5.32 Å². The summed E-state index contributed by atoms with van der Waals surface area (Å²) in [6, 6.07) is 5.21. The third-order valence-corrected chi connectivity index (χ3v) is 4.35. The first-order chi connectivity index (χ1) is 11.1. The number of nitrogens with zero attached hydrogens (tertiary/aromatic N) is 3. The van der Waals surface area contributed by atoms with Crippen molar-refractivity contribution in [2.24, 2.45) is 0 Å². The molecule has 3 aromatic heterocycles. The molecule has 0 saturated carbocycles. The minimum absolute atomic E-state index is 0.0410. The third kappa shape index (κ3) is 2.28. The zero-order chi connectivity index (χ0) is 16.0. The summed E-state index contributed by atoms with van der Waals surface area (Å²) in [5, 5.41) is 9.85. The van der Waals surface area contributed by atoms with Crippen LogP contribution in [-0.2, 0) is 12.8 Å². The van der Waals surface area contributed by atoms with E-state index in [1.807, 2.05) is 6.20 Å². The Hall–Kier alpha value is -2.70. The minimum Gasteiger partial charge on any atom is -0.347 e. The van der Waals surface area contributed by atoms with E-state index in [1.165, 1.54) is 9.96 Å². The van der Waals surface area contributed by atoms with Crippen LogP contribution in [0.1, 0.15) is 33.9 Å². The molecular formula is C16H16FN5O. The Kier molecular flexibility index (Phi) is 3.14. The Balaban J connectivity index is 1.58. The number of carbonyl (C=O) groups excluding carboxylic acids is 1. The fourth-order valence-corrected chi connectivity index (χ4v) is 3.14. The highest BCUT2D eigenvalue weighted by atomic mass is 19.1. The summed E-state index contributed by atoms with van der Waals surface area (Å²) in [5.74, 6) is -1.09. The molecule has 0 bridgehead atoms. The largest absolute Gasteiger partial charge is 0.347 e. The first-order valence-electron chi connectivity index (χ1n) is 7.59. The smallest absolute Gasteiger partial charge is 0.274 e. The average molecular weight is 313 g/mol. The van der Waals surface area contributed by atoms with Crippen molar-refractivity contribution in [2.45, 2.75) is 32.2 Å². The normalized spacial score (nSPS) is 17.2. The number of aromatic nitrogens is 4. The standard InChI is InChI=1S/C16H16FN5O/c1-9-3-2-4-13-20-14(15(17)22(9)13)16(23)19-11-6-5-10-8-18-21-12(10)7-11/h2-4,8,11H,5-7H2,1H3,(H,18,21)(H,19,23)/t11-/m0/s1. The summed E-state index contributed by atoms with van der Waals surface area (Å²) < 4.78 is 15.9. The first-order valence-corrected chi connectivity index (χ1v) is 7.59. The predicted octanol–water partition coefficient (Wildman–Crippen LogP) is 1.79. The second kappa shape index (κ2) is 5.19. The molecule has 1 atom stereocenters. The number of nitrogens with one attached hydrogen (secondary N) is 2. The minimum atomic E-state index is -0.617. The zero-order valence-corrected chi connectivity index (χ0v) is 12.6. The molecule has 0 fully saturated rings. The molecule has 3 heterocycles. The van der Waals surface area contributed by atoms with Gasteiger partial charge in [-0.3, -0.25) is 14.3 Å². The molecule has 6 nitrogen and oxygen atoms in total. The SMILES string of the molecule is Cc1cccc2nc(C(=O)N[C@H]3CCc4cn[nH]c4C3)c(F)n12. The monoisotopic (exact) mass is 313 g/mol. The van der Waals surface area contributed by atoms with E-state index in [4.69, 9.17) is 0 Å². The van der Waals surface area contributed by atoms with Crippen molar-refractivity contribution in [2.75, 3.05) is 0 Å². The topological polar surface area (TPSA) is 75.1 Å². The lowest BCUT2D eigenvalue weighted by molar-refractivity contribution is 0.0924. The first kappa shape index (κ1) is 13.9. The summed E-state index contributed by atoms with van der Waals surface area (Å²) in [5.41, 5.74) is 3.20. The Bertz CT molecular complexity index is 897. The maximum atomic E-state index is 14.5. The van der Waals surface area contributed by atoms with Crippen LogP contribution in [0, 0.1) is 12.9 Å². The number of hydrogen-bond acceptors (Lipinski definition) is 3. The lowest BCUT2D eigenvalue weighted by Crippen LogP contribution is -2.39. The van der Waals surface area contributed by atoms with E-state index in [0.29, 0.717) is 17.8 Å². The number of carbonyl (C=O) groups is 1. The molecule has 2 N–H and O–H groups in total. The number of pyridine rings is 1. The van der Waals surface area contributed by atoms with Crippen LogP contribution < -0.4 is 5.32 Å². The van der Waals surface area contributed by atoms with Crippen LogP contribution in [-0.4, -0.2) is 31.5 Å². The van der Waals surface area contributed by atoms with E-state index in [2.05, 4.69) is 20.5 Å². The Morgan fingerprint density at radius 1 is 1.48 bits per heavy atom. The Morgan fingerprint density at radius 2 is 2.35 bits per heavy atom. The van der Waals surface area contributed by atoms with Crippen molar-refractivity contribution >= 4 is 11.6 Å². The molecule has 1 aliphatic rings. The van der Waals surface area contributed by atoms with Gasteiger partial charge in [0.05, 0.1) is 6.20 Å². The molecule has 1 amide bonds. The fraction of sp³-hybridized carbons (Fsp3) is 0.312. The maximum absolute atomic E-state index is 14.5. The molecule has 0 saturated heterocycles. The van der Waals surface area contributed by atoms with Gasteiger partial charge in [0.2, 0.25) is 5.95 Å². The second-order valence-corrected chi connectivity index (χ2v) is 5.90. The van der Waals surface area contributed by atoms with Gasteiger partial charge in [-0.05, 0) is 37.5 Å². The molecule has 0 spiro atoms. The summed E-state index contributed by atoms with van der Waals surface area (Å²) >= 11 is 0. The van der Waals surface area contributed by atoms with Gasteiger partial charge in [-0.25, -0.2) is 4.98 Å². The summed E-state index contributed by atoms with van der Waals surface area (Å²) in [7, 11) is 0. The highest BCUT2D eigenvalue weighted by Gasteiger charge is 2.25. The number of amides is 1. The zero-order valence-electron chi connectivity index (χ0n) is 12.6. The number of aromatic amines is 1. The van der Waals surface area contributed by atoms with Crippen molar-refractivity contribution in [1.29, 1.82) is 0 Å². The van der Waals surface area contributed by atoms with E-state index in [-0.39, 0.29) is 11.7 Å². The number of halogens is 1. The number of rotatable bonds is 2. The van der Waals surface area contributed by atoms with Crippen LogP contribution in [0.15, 0.2) is 24.4 Å². The average Bonchev–Trinajstić information content (AvgIpc) is 3.12. The van der Waals surface area contributed by atoms with Crippen molar-refractivity contribution in [3.63, 3.8) is 0 Å². The van der Waals surface area contributed by atoms with Gasteiger partial charge in [-0.15, -0.1) is 0 Å². The van der Waals surface area contributed by atoms with Gasteiger partial charge in [0.1, 0.15) is 5.65 Å². The van der Waals surface area contributed by atoms with Crippen molar-refractivity contribution in [1.82, 2.24) is 24.9 Å². The van der Waals surface area contributed by atoms with Gasteiger partial charge in [0, 0.05) is 23.9 Å². The van der Waals surface area contributed by atoms with Crippen LogP contribution in [0.2, 0.25) is 0 Å². The second-order valence-electron chi connectivity index (χ2n) is 5.90. The van der Waals surface area contributed by atoms with Crippen LogP contribution in [0.5, 0.6) is 0 Å². The number of H-pyrrole nitrogens is 1. The Labute approximate surface area is 131 Å². The van der Waals surface area contributed by atoms with Crippen LogP contribution in [0.25, 0.3) is 5.65 Å². The number of fused-ring (bicyclic) bond motifs is 2. The quantitative estimate of drug-likeness (QED) is 0.757. The van der Waals surface area contributed by atoms with Gasteiger partial charge in [0.15, 0.2) is 5.69 Å². The summed E-state index contributed by atoms with van der Waals surface area (Å²) in [6.45, 7) is 1.78. The van der Waals surface area contributed by atoms with Crippen LogP contribution in [0.4, 0.5) is 4.39 Å². The predicted molar refractivity (Wildman–Crippen MR) is 81.8 cm³/mol. The van der Waals surface area contributed by atoms with E-state index >= 15 is 0 Å². The van der Waals surface area contributed by atoms with Crippen molar-refractivity contribution in [3.8, 4) is 0 Å². The lowest BCUT2D eigenvalue weighted by atomic mass is 9.94. The molecule has 0 aromatic carbocycles. The maximum Gasteiger partial charge on any atom is 0.274 e. The molecule has 118 valence electrons. The van der Waals surface area contributed by atoms with E-state index in [1.54, 1.807) is 25.1 Å².